The summed E-state index contributed by atoms with van der Waals surface area (Å²) in [6.07, 6.45) is 1.92. The van der Waals surface area contributed by atoms with Gasteiger partial charge in [0.1, 0.15) is 0 Å². The van der Waals surface area contributed by atoms with E-state index in [9.17, 15) is 4.79 Å². The fourth-order valence-corrected chi connectivity index (χ4v) is 3.00. The molecule has 1 aromatic carbocycles. The Hall–Kier alpha value is -1.35. The van der Waals surface area contributed by atoms with Crippen molar-refractivity contribution < 1.29 is 9.53 Å². The quantitative estimate of drug-likeness (QED) is 0.780. The lowest BCUT2D eigenvalue weighted by Crippen LogP contribution is -2.46. The summed E-state index contributed by atoms with van der Waals surface area (Å²) >= 11 is 0. The Bertz CT molecular complexity index is 428. The first-order chi connectivity index (χ1) is 9.05. The predicted octanol–water partition coefficient (Wildman–Crippen LogP) is 2.50. The van der Waals surface area contributed by atoms with Crippen LogP contribution in [-0.2, 0) is 16.0 Å². The maximum atomic E-state index is 11.8. The second kappa shape index (κ2) is 5.74. The molecule has 1 heterocycles. The molecular formula is C16H23NO2. The number of nitrogens with zero attached hydrogens (tertiary/aromatic N) is 1. The van der Waals surface area contributed by atoms with Gasteiger partial charge in [0.2, 0.25) is 0 Å². The molecule has 0 aliphatic carbocycles. The van der Waals surface area contributed by atoms with Gasteiger partial charge in [-0.15, -0.1) is 0 Å². The summed E-state index contributed by atoms with van der Waals surface area (Å²) in [6, 6.07) is 10.5. The Labute approximate surface area is 115 Å². The van der Waals surface area contributed by atoms with Crippen LogP contribution in [0.2, 0.25) is 0 Å². The van der Waals surface area contributed by atoms with Crippen molar-refractivity contribution in [1.29, 1.82) is 0 Å². The standard InChI is InChI=1S/C16H23NO2/c1-16(2)14(15(18)19-3)10-12-17(16)11-9-13-7-5-4-6-8-13/h4-8,14H,9-12H2,1-3H3. The smallest absolute Gasteiger partial charge is 0.310 e. The van der Waals surface area contributed by atoms with Gasteiger partial charge in [-0.3, -0.25) is 9.69 Å². The largest absolute Gasteiger partial charge is 0.469 e. The van der Waals surface area contributed by atoms with Crippen molar-refractivity contribution in [3.8, 4) is 0 Å². The third-order valence-corrected chi connectivity index (χ3v) is 4.35. The highest BCUT2D eigenvalue weighted by molar-refractivity contribution is 5.74. The van der Waals surface area contributed by atoms with E-state index in [4.69, 9.17) is 4.74 Å². The zero-order valence-corrected chi connectivity index (χ0v) is 12.1. The van der Waals surface area contributed by atoms with Crippen LogP contribution in [0.25, 0.3) is 0 Å². The molecule has 1 aliphatic rings. The predicted molar refractivity (Wildman–Crippen MR) is 75.9 cm³/mol. The molecule has 1 fully saturated rings. The van der Waals surface area contributed by atoms with Crippen LogP contribution in [0.15, 0.2) is 30.3 Å². The van der Waals surface area contributed by atoms with Crippen molar-refractivity contribution in [3.05, 3.63) is 35.9 Å². The van der Waals surface area contributed by atoms with Gasteiger partial charge in [-0.25, -0.2) is 0 Å². The molecule has 19 heavy (non-hydrogen) atoms. The zero-order valence-electron chi connectivity index (χ0n) is 12.1. The van der Waals surface area contributed by atoms with E-state index >= 15 is 0 Å². The molecule has 1 atom stereocenters. The Balaban J connectivity index is 1.97. The van der Waals surface area contributed by atoms with E-state index in [2.05, 4.69) is 43.0 Å². The third kappa shape index (κ3) is 2.98. The van der Waals surface area contributed by atoms with Gasteiger partial charge in [0.05, 0.1) is 13.0 Å². The highest BCUT2D eigenvalue weighted by atomic mass is 16.5. The maximum Gasteiger partial charge on any atom is 0.310 e. The molecule has 104 valence electrons. The first kappa shape index (κ1) is 14.1. The van der Waals surface area contributed by atoms with Crippen LogP contribution in [0.1, 0.15) is 25.8 Å². The van der Waals surface area contributed by atoms with E-state index in [0.717, 1.165) is 25.9 Å². The van der Waals surface area contributed by atoms with Gasteiger partial charge in [0.25, 0.3) is 0 Å². The minimum atomic E-state index is -0.109. The van der Waals surface area contributed by atoms with E-state index in [1.54, 1.807) is 0 Å². The molecule has 2 rings (SSSR count). The number of methoxy groups -OCH3 is 1. The fraction of sp³-hybridized carbons (Fsp3) is 0.562. The van der Waals surface area contributed by atoms with Gasteiger partial charge in [-0.2, -0.15) is 0 Å². The van der Waals surface area contributed by atoms with Gasteiger partial charge >= 0.3 is 5.97 Å². The normalized spacial score (nSPS) is 22.4. The molecular weight excluding hydrogens is 238 g/mol. The molecule has 0 amide bonds. The van der Waals surface area contributed by atoms with Crippen molar-refractivity contribution in [3.63, 3.8) is 0 Å². The number of esters is 1. The summed E-state index contributed by atoms with van der Waals surface area (Å²) < 4.78 is 4.92. The molecule has 0 spiro atoms. The Morgan fingerprint density at radius 2 is 2.05 bits per heavy atom. The molecule has 1 aliphatic heterocycles. The molecule has 1 saturated heterocycles. The first-order valence-corrected chi connectivity index (χ1v) is 6.92. The highest BCUT2D eigenvalue weighted by Crippen LogP contribution is 2.35. The second-order valence-electron chi connectivity index (χ2n) is 5.74. The lowest BCUT2D eigenvalue weighted by molar-refractivity contribution is -0.148. The van der Waals surface area contributed by atoms with E-state index in [-0.39, 0.29) is 17.4 Å². The van der Waals surface area contributed by atoms with Gasteiger partial charge in [-0.1, -0.05) is 30.3 Å². The Kier molecular flexibility index (Phi) is 4.25. The number of hydrogen-bond acceptors (Lipinski definition) is 3. The molecule has 3 heteroatoms. The van der Waals surface area contributed by atoms with Crippen LogP contribution in [-0.4, -0.2) is 36.6 Å². The minimum absolute atomic E-state index is 0.00623. The van der Waals surface area contributed by atoms with Crippen molar-refractivity contribution >= 4 is 5.97 Å². The lowest BCUT2D eigenvalue weighted by Gasteiger charge is -2.34. The van der Waals surface area contributed by atoms with Crippen molar-refractivity contribution in [2.45, 2.75) is 32.2 Å². The molecule has 3 nitrogen and oxygen atoms in total. The van der Waals surface area contributed by atoms with Crippen LogP contribution >= 0.6 is 0 Å². The minimum Gasteiger partial charge on any atom is -0.469 e. The van der Waals surface area contributed by atoms with E-state index in [1.165, 1.54) is 12.7 Å². The molecule has 0 bridgehead atoms. The average molecular weight is 261 g/mol. The number of ether oxygens (including phenoxy) is 1. The molecule has 0 saturated carbocycles. The van der Waals surface area contributed by atoms with Crippen molar-refractivity contribution in [2.24, 2.45) is 5.92 Å². The van der Waals surface area contributed by atoms with Gasteiger partial charge < -0.3 is 4.74 Å². The van der Waals surface area contributed by atoms with Crippen LogP contribution < -0.4 is 0 Å². The van der Waals surface area contributed by atoms with Gasteiger partial charge in [0.15, 0.2) is 0 Å². The molecule has 1 unspecified atom stereocenters. The monoisotopic (exact) mass is 261 g/mol. The van der Waals surface area contributed by atoms with E-state index < -0.39 is 0 Å². The van der Waals surface area contributed by atoms with Gasteiger partial charge in [0, 0.05) is 12.1 Å². The molecule has 1 aromatic rings. The maximum absolute atomic E-state index is 11.8. The molecule has 0 radical (unpaired) electrons. The molecule has 0 aromatic heterocycles. The van der Waals surface area contributed by atoms with E-state index in [1.807, 2.05) is 6.07 Å². The second-order valence-corrected chi connectivity index (χ2v) is 5.74. The highest BCUT2D eigenvalue weighted by Gasteiger charge is 2.45. The zero-order chi connectivity index (χ0) is 13.9. The number of carbonyl (C=O) groups excluding carboxylic acids is 1. The molecule has 0 N–H and O–H groups in total. The van der Waals surface area contributed by atoms with Crippen LogP contribution in [0.4, 0.5) is 0 Å². The summed E-state index contributed by atoms with van der Waals surface area (Å²) in [5.74, 6) is -0.0829. The van der Waals surface area contributed by atoms with Crippen LogP contribution in [0.3, 0.4) is 0 Å². The van der Waals surface area contributed by atoms with Crippen molar-refractivity contribution in [1.82, 2.24) is 4.90 Å². The summed E-state index contributed by atoms with van der Waals surface area (Å²) in [6.45, 7) is 6.25. The summed E-state index contributed by atoms with van der Waals surface area (Å²) in [5.41, 5.74) is 1.24. The SMILES string of the molecule is COC(=O)C1CCN(CCc2ccccc2)C1(C)C. The van der Waals surface area contributed by atoms with E-state index in [0.29, 0.717) is 0 Å². The summed E-state index contributed by atoms with van der Waals surface area (Å²) in [4.78, 5) is 14.2. The summed E-state index contributed by atoms with van der Waals surface area (Å²) in [7, 11) is 1.48. The third-order valence-electron chi connectivity index (χ3n) is 4.35. The average Bonchev–Trinajstić information content (AvgIpc) is 2.71. The number of benzene rings is 1. The number of hydrogen-bond donors (Lipinski definition) is 0. The lowest BCUT2D eigenvalue weighted by atomic mass is 9.88. The van der Waals surface area contributed by atoms with Crippen molar-refractivity contribution in [2.75, 3.05) is 20.2 Å². The number of carbonyl (C=O) groups is 1. The Morgan fingerprint density at radius 3 is 2.68 bits per heavy atom. The van der Waals surface area contributed by atoms with Crippen LogP contribution in [0, 0.1) is 5.92 Å². The fourth-order valence-electron chi connectivity index (χ4n) is 3.00. The first-order valence-electron chi connectivity index (χ1n) is 6.92. The summed E-state index contributed by atoms with van der Waals surface area (Å²) in [5, 5.41) is 0. The Morgan fingerprint density at radius 1 is 1.37 bits per heavy atom. The van der Waals surface area contributed by atoms with Gasteiger partial charge in [-0.05, 0) is 38.8 Å². The topological polar surface area (TPSA) is 29.5 Å². The number of likely N-dealkylation sites (tertiary alicyclic amines) is 1. The number of rotatable bonds is 4. The van der Waals surface area contributed by atoms with Crippen LogP contribution in [0.5, 0.6) is 0 Å².